The number of nitrogens with zero attached hydrogens (tertiary/aromatic N) is 3. The highest BCUT2D eigenvalue weighted by Gasteiger charge is 2.25. The highest BCUT2D eigenvalue weighted by Crippen LogP contribution is 2.22. The Morgan fingerprint density at radius 3 is 2.68 bits per heavy atom. The van der Waals surface area contributed by atoms with Gasteiger partial charge in [0, 0.05) is 23.7 Å². The van der Waals surface area contributed by atoms with Crippen LogP contribution < -0.4 is 5.32 Å². The lowest BCUT2D eigenvalue weighted by Crippen LogP contribution is -2.32. The SMILES string of the molecule is CC[C@H](OC(=O)c1cc(C)n(-c2cccnc2)c1C)C(=O)Nc1cc(C)on1. The van der Waals surface area contributed by atoms with Crippen molar-refractivity contribution in [2.75, 3.05) is 5.32 Å². The Balaban J connectivity index is 1.77. The second kappa shape index (κ2) is 8.08. The molecular weight excluding hydrogens is 360 g/mol. The number of hydrogen-bond donors (Lipinski definition) is 1. The van der Waals surface area contributed by atoms with E-state index in [-0.39, 0.29) is 5.82 Å². The summed E-state index contributed by atoms with van der Waals surface area (Å²) in [4.78, 5) is 29.3. The van der Waals surface area contributed by atoms with E-state index in [9.17, 15) is 9.59 Å². The molecule has 0 radical (unpaired) electrons. The van der Waals surface area contributed by atoms with E-state index in [1.807, 2.05) is 30.5 Å². The van der Waals surface area contributed by atoms with Gasteiger partial charge in [-0.1, -0.05) is 12.1 Å². The van der Waals surface area contributed by atoms with Gasteiger partial charge in [-0.05, 0) is 45.4 Å². The molecule has 0 aliphatic rings. The Kier molecular flexibility index (Phi) is 5.58. The third-order valence-electron chi connectivity index (χ3n) is 4.35. The second-order valence-electron chi connectivity index (χ2n) is 6.45. The van der Waals surface area contributed by atoms with Crippen molar-refractivity contribution < 1.29 is 18.8 Å². The molecule has 8 heteroatoms. The van der Waals surface area contributed by atoms with Gasteiger partial charge in [-0.25, -0.2) is 4.79 Å². The van der Waals surface area contributed by atoms with Crippen LogP contribution in [0.25, 0.3) is 5.69 Å². The zero-order chi connectivity index (χ0) is 20.3. The van der Waals surface area contributed by atoms with E-state index in [0.29, 0.717) is 17.7 Å². The fourth-order valence-electron chi connectivity index (χ4n) is 3.00. The maximum Gasteiger partial charge on any atom is 0.340 e. The van der Waals surface area contributed by atoms with E-state index in [2.05, 4.69) is 15.5 Å². The molecular formula is C20H22N4O4. The highest BCUT2D eigenvalue weighted by atomic mass is 16.5. The number of carbonyl (C=O) groups is 2. The maximum atomic E-state index is 12.7. The molecule has 0 spiro atoms. The van der Waals surface area contributed by atoms with Crippen molar-refractivity contribution >= 4 is 17.7 Å². The van der Waals surface area contributed by atoms with Gasteiger partial charge in [0.05, 0.1) is 17.4 Å². The number of aryl methyl sites for hydroxylation is 2. The average molecular weight is 382 g/mol. The van der Waals surface area contributed by atoms with Gasteiger partial charge in [0.2, 0.25) is 0 Å². The van der Waals surface area contributed by atoms with E-state index in [1.54, 1.807) is 38.4 Å². The van der Waals surface area contributed by atoms with Crippen LogP contribution in [0, 0.1) is 20.8 Å². The Morgan fingerprint density at radius 1 is 1.29 bits per heavy atom. The van der Waals surface area contributed by atoms with Crippen LogP contribution in [0.4, 0.5) is 5.82 Å². The van der Waals surface area contributed by atoms with Crippen molar-refractivity contribution in [3.63, 3.8) is 0 Å². The summed E-state index contributed by atoms with van der Waals surface area (Å²) in [6.45, 7) is 7.21. The molecule has 0 aromatic carbocycles. The van der Waals surface area contributed by atoms with Crippen LogP contribution in [-0.2, 0) is 9.53 Å². The molecule has 3 aromatic heterocycles. The first-order valence-electron chi connectivity index (χ1n) is 8.95. The van der Waals surface area contributed by atoms with Gasteiger partial charge < -0.3 is 19.1 Å². The van der Waals surface area contributed by atoms with Crippen molar-refractivity contribution in [1.29, 1.82) is 0 Å². The van der Waals surface area contributed by atoms with Gasteiger partial charge in [0.25, 0.3) is 5.91 Å². The lowest BCUT2D eigenvalue weighted by atomic mass is 10.2. The van der Waals surface area contributed by atoms with Crippen LogP contribution in [-0.4, -0.2) is 32.7 Å². The molecule has 0 fully saturated rings. The van der Waals surface area contributed by atoms with Crippen molar-refractivity contribution in [1.82, 2.24) is 14.7 Å². The lowest BCUT2D eigenvalue weighted by Gasteiger charge is -2.15. The van der Waals surface area contributed by atoms with Gasteiger partial charge in [-0.3, -0.25) is 9.78 Å². The largest absolute Gasteiger partial charge is 0.449 e. The summed E-state index contributed by atoms with van der Waals surface area (Å²) in [5.74, 6) is -0.151. The number of esters is 1. The number of rotatable bonds is 6. The molecule has 146 valence electrons. The summed E-state index contributed by atoms with van der Waals surface area (Å²) in [5, 5.41) is 6.31. The third kappa shape index (κ3) is 3.95. The van der Waals surface area contributed by atoms with Gasteiger partial charge in [-0.15, -0.1) is 0 Å². The number of nitrogens with one attached hydrogen (secondary N) is 1. The van der Waals surface area contributed by atoms with Crippen molar-refractivity contribution in [2.24, 2.45) is 0 Å². The minimum Gasteiger partial charge on any atom is -0.449 e. The summed E-state index contributed by atoms with van der Waals surface area (Å²) in [6, 6.07) is 7.07. The fourth-order valence-corrected chi connectivity index (χ4v) is 3.00. The summed E-state index contributed by atoms with van der Waals surface area (Å²) < 4.78 is 12.3. The molecule has 8 nitrogen and oxygen atoms in total. The molecule has 3 heterocycles. The average Bonchev–Trinajstić information content (AvgIpc) is 3.22. The number of ether oxygens (including phenoxy) is 1. The quantitative estimate of drug-likeness (QED) is 0.656. The molecule has 0 saturated heterocycles. The van der Waals surface area contributed by atoms with Crippen molar-refractivity contribution in [2.45, 2.75) is 40.2 Å². The Hall–Kier alpha value is -3.42. The zero-order valence-electron chi connectivity index (χ0n) is 16.2. The molecule has 28 heavy (non-hydrogen) atoms. The van der Waals surface area contributed by atoms with E-state index in [4.69, 9.17) is 9.26 Å². The number of amides is 1. The lowest BCUT2D eigenvalue weighted by molar-refractivity contribution is -0.124. The first-order valence-corrected chi connectivity index (χ1v) is 8.95. The van der Waals surface area contributed by atoms with E-state index < -0.39 is 18.0 Å². The van der Waals surface area contributed by atoms with Crippen molar-refractivity contribution in [3.05, 3.63) is 59.4 Å². The summed E-state index contributed by atoms with van der Waals surface area (Å²) in [6.07, 6.45) is 2.80. The van der Waals surface area contributed by atoms with E-state index >= 15 is 0 Å². The predicted molar refractivity (Wildman–Crippen MR) is 102 cm³/mol. The maximum absolute atomic E-state index is 12.7. The normalized spacial score (nSPS) is 11.9. The molecule has 3 aromatic rings. The molecule has 3 rings (SSSR count). The predicted octanol–water partition coefficient (Wildman–Crippen LogP) is 3.36. The second-order valence-corrected chi connectivity index (χ2v) is 6.45. The summed E-state index contributed by atoms with van der Waals surface area (Å²) >= 11 is 0. The number of pyridine rings is 1. The number of aromatic nitrogens is 3. The minimum absolute atomic E-state index is 0.284. The molecule has 0 unspecified atom stereocenters. The molecule has 0 aliphatic heterocycles. The minimum atomic E-state index is -0.939. The van der Waals surface area contributed by atoms with Crippen LogP contribution >= 0.6 is 0 Å². The van der Waals surface area contributed by atoms with E-state index in [0.717, 1.165) is 17.1 Å². The molecule has 0 bridgehead atoms. The molecule has 0 saturated carbocycles. The number of anilines is 1. The molecule has 1 N–H and O–H groups in total. The van der Waals surface area contributed by atoms with Crippen LogP contribution in [0.15, 0.2) is 41.2 Å². The topological polar surface area (TPSA) is 99.2 Å². The zero-order valence-corrected chi connectivity index (χ0v) is 16.2. The molecule has 0 aliphatic carbocycles. The Morgan fingerprint density at radius 2 is 2.07 bits per heavy atom. The van der Waals surface area contributed by atoms with Gasteiger partial charge >= 0.3 is 5.97 Å². The van der Waals surface area contributed by atoms with Gasteiger partial charge in [0.1, 0.15) is 5.76 Å². The van der Waals surface area contributed by atoms with Crippen LogP contribution in [0.5, 0.6) is 0 Å². The number of carbonyl (C=O) groups excluding carboxylic acids is 2. The van der Waals surface area contributed by atoms with Crippen LogP contribution in [0.1, 0.15) is 40.9 Å². The van der Waals surface area contributed by atoms with Crippen LogP contribution in [0.2, 0.25) is 0 Å². The summed E-state index contributed by atoms with van der Waals surface area (Å²) in [5.41, 5.74) is 2.85. The highest BCUT2D eigenvalue weighted by molar-refractivity contribution is 5.97. The van der Waals surface area contributed by atoms with Crippen LogP contribution in [0.3, 0.4) is 0 Å². The smallest absolute Gasteiger partial charge is 0.340 e. The van der Waals surface area contributed by atoms with Crippen molar-refractivity contribution in [3.8, 4) is 5.69 Å². The molecule has 1 atom stereocenters. The van der Waals surface area contributed by atoms with Gasteiger partial charge in [0.15, 0.2) is 11.9 Å². The first-order chi connectivity index (χ1) is 13.4. The number of hydrogen-bond acceptors (Lipinski definition) is 6. The fraction of sp³-hybridized carbons (Fsp3) is 0.300. The van der Waals surface area contributed by atoms with Gasteiger partial charge in [-0.2, -0.15) is 0 Å². The first kappa shape index (κ1) is 19.3. The molecule has 1 amide bonds. The standard InChI is InChI=1S/C20H22N4O4/c1-5-17(19(25)22-18-10-13(3)28-23-18)27-20(26)16-9-12(2)24(14(16)4)15-7-6-8-21-11-15/h6-11,17H,5H2,1-4H3,(H,22,23,25)/t17-/m0/s1. The monoisotopic (exact) mass is 382 g/mol. The Bertz CT molecular complexity index is 991. The third-order valence-corrected chi connectivity index (χ3v) is 4.35. The Labute approximate surface area is 162 Å². The summed E-state index contributed by atoms with van der Waals surface area (Å²) in [7, 11) is 0. The van der Waals surface area contributed by atoms with E-state index in [1.165, 1.54) is 0 Å².